The number of hydrogen-bond donors (Lipinski definition) is 1. The van der Waals surface area contributed by atoms with Crippen LogP contribution in [0.4, 0.5) is 0 Å². The average molecular weight is 232 g/mol. The summed E-state index contributed by atoms with van der Waals surface area (Å²) in [6.07, 6.45) is 0.845. The van der Waals surface area contributed by atoms with Gasteiger partial charge in [0.15, 0.2) is 0 Å². The molecule has 0 bridgehead atoms. The molecule has 1 aromatic carbocycles. The summed E-state index contributed by atoms with van der Waals surface area (Å²) >= 11 is 0. The van der Waals surface area contributed by atoms with Crippen LogP contribution in [0.5, 0.6) is 0 Å². The van der Waals surface area contributed by atoms with Gasteiger partial charge in [-0.1, -0.05) is 19.1 Å². The molecule has 0 aliphatic carbocycles. The summed E-state index contributed by atoms with van der Waals surface area (Å²) in [7, 11) is 0. The molecule has 0 saturated carbocycles. The van der Waals surface area contributed by atoms with Crippen molar-refractivity contribution in [1.29, 1.82) is 0 Å². The third-order valence-electron chi connectivity index (χ3n) is 3.14. The van der Waals surface area contributed by atoms with E-state index in [-0.39, 0.29) is 12.5 Å². The number of fused-ring (bicyclic) bond motifs is 1. The SMILES string of the molecule is C[C@H]1CN(CC(N)=O)Cc2cc(C=O)ccc21. The van der Waals surface area contributed by atoms with E-state index in [2.05, 4.69) is 6.92 Å². The number of aldehydes is 1. The average Bonchev–Trinajstić information content (AvgIpc) is 2.27. The maximum absolute atomic E-state index is 10.9. The molecular weight excluding hydrogens is 216 g/mol. The first-order valence-corrected chi connectivity index (χ1v) is 5.69. The lowest BCUT2D eigenvalue weighted by Gasteiger charge is -2.32. The van der Waals surface area contributed by atoms with Crippen molar-refractivity contribution in [2.24, 2.45) is 5.73 Å². The zero-order valence-corrected chi connectivity index (χ0v) is 9.85. The van der Waals surface area contributed by atoms with Crippen LogP contribution in [0.15, 0.2) is 18.2 Å². The second-order valence-corrected chi connectivity index (χ2v) is 4.61. The van der Waals surface area contributed by atoms with Crippen LogP contribution in [-0.2, 0) is 11.3 Å². The standard InChI is InChI=1S/C13H16N2O2/c1-9-5-15(7-13(14)17)6-11-4-10(8-16)2-3-12(9)11/h2-4,8-9H,5-7H2,1H3,(H2,14,17)/t9-/m0/s1. The third kappa shape index (κ3) is 2.53. The summed E-state index contributed by atoms with van der Waals surface area (Å²) in [4.78, 5) is 23.7. The van der Waals surface area contributed by atoms with Crippen LogP contribution >= 0.6 is 0 Å². The molecule has 1 aliphatic rings. The number of carbonyl (C=O) groups is 2. The highest BCUT2D eigenvalue weighted by Gasteiger charge is 2.23. The van der Waals surface area contributed by atoms with Gasteiger partial charge in [-0.05, 0) is 23.1 Å². The van der Waals surface area contributed by atoms with Gasteiger partial charge in [0.2, 0.25) is 5.91 Å². The molecular formula is C13H16N2O2. The molecule has 1 atom stereocenters. The van der Waals surface area contributed by atoms with E-state index in [0.29, 0.717) is 18.0 Å². The molecule has 0 spiro atoms. The van der Waals surface area contributed by atoms with Gasteiger partial charge in [-0.2, -0.15) is 0 Å². The Morgan fingerprint density at radius 3 is 3.00 bits per heavy atom. The number of carbonyl (C=O) groups excluding carboxylic acids is 2. The highest BCUT2D eigenvalue weighted by atomic mass is 16.1. The normalized spacial score (nSPS) is 19.7. The minimum Gasteiger partial charge on any atom is -0.369 e. The maximum Gasteiger partial charge on any atom is 0.231 e. The van der Waals surface area contributed by atoms with Crippen molar-refractivity contribution in [2.45, 2.75) is 19.4 Å². The van der Waals surface area contributed by atoms with E-state index in [1.807, 2.05) is 23.1 Å². The van der Waals surface area contributed by atoms with Crippen LogP contribution in [0.2, 0.25) is 0 Å². The molecule has 17 heavy (non-hydrogen) atoms. The summed E-state index contributed by atoms with van der Waals surface area (Å²) in [5.41, 5.74) is 8.27. The van der Waals surface area contributed by atoms with Crippen LogP contribution in [0, 0.1) is 0 Å². The second kappa shape index (κ2) is 4.67. The summed E-state index contributed by atoms with van der Waals surface area (Å²) in [5.74, 6) is 0.0472. The van der Waals surface area contributed by atoms with Gasteiger partial charge in [0, 0.05) is 18.7 Å². The minimum atomic E-state index is -0.313. The Kier molecular flexibility index (Phi) is 3.24. The van der Waals surface area contributed by atoms with Crippen molar-refractivity contribution in [3.63, 3.8) is 0 Å². The van der Waals surface area contributed by atoms with E-state index in [9.17, 15) is 9.59 Å². The molecule has 0 fully saturated rings. The molecule has 1 amide bonds. The van der Waals surface area contributed by atoms with E-state index in [0.717, 1.165) is 18.4 Å². The van der Waals surface area contributed by atoms with Gasteiger partial charge in [0.25, 0.3) is 0 Å². The van der Waals surface area contributed by atoms with Gasteiger partial charge in [-0.3, -0.25) is 14.5 Å². The predicted octanol–water partition coefficient (Wildman–Crippen LogP) is 0.903. The van der Waals surface area contributed by atoms with Gasteiger partial charge < -0.3 is 5.73 Å². The smallest absolute Gasteiger partial charge is 0.231 e. The van der Waals surface area contributed by atoms with Crippen molar-refractivity contribution >= 4 is 12.2 Å². The lowest BCUT2D eigenvalue weighted by atomic mass is 9.90. The Morgan fingerprint density at radius 1 is 1.59 bits per heavy atom. The zero-order chi connectivity index (χ0) is 12.4. The molecule has 4 heteroatoms. The first kappa shape index (κ1) is 11.8. The predicted molar refractivity (Wildman–Crippen MR) is 64.7 cm³/mol. The fourth-order valence-corrected chi connectivity index (χ4v) is 2.45. The van der Waals surface area contributed by atoms with Crippen molar-refractivity contribution < 1.29 is 9.59 Å². The molecule has 0 unspecified atom stereocenters. The Bertz CT molecular complexity index is 457. The highest BCUT2D eigenvalue weighted by Crippen LogP contribution is 2.28. The van der Waals surface area contributed by atoms with E-state index in [1.54, 1.807) is 0 Å². The van der Waals surface area contributed by atoms with Crippen LogP contribution in [0.1, 0.15) is 34.3 Å². The maximum atomic E-state index is 10.9. The number of benzene rings is 1. The quantitative estimate of drug-likeness (QED) is 0.788. The molecule has 1 heterocycles. The zero-order valence-electron chi connectivity index (χ0n) is 9.85. The van der Waals surface area contributed by atoms with Crippen molar-refractivity contribution in [3.05, 3.63) is 34.9 Å². The van der Waals surface area contributed by atoms with E-state index in [1.165, 1.54) is 5.56 Å². The monoisotopic (exact) mass is 232 g/mol. The Hall–Kier alpha value is -1.68. The minimum absolute atomic E-state index is 0.273. The van der Waals surface area contributed by atoms with Gasteiger partial charge in [-0.15, -0.1) is 0 Å². The Labute approximate surface area is 100 Å². The molecule has 1 aliphatic heterocycles. The topological polar surface area (TPSA) is 63.4 Å². The summed E-state index contributed by atoms with van der Waals surface area (Å²) in [5, 5.41) is 0. The molecule has 2 N–H and O–H groups in total. The molecule has 2 rings (SSSR count). The van der Waals surface area contributed by atoms with Gasteiger partial charge >= 0.3 is 0 Å². The lowest BCUT2D eigenvalue weighted by Crippen LogP contribution is -2.38. The fourth-order valence-electron chi connectivity index (χ4n) is 2.45. The highest BCUT2D eigenvalue weighted by molar-refractivity contribution is 5.76. The van der Waals surface area contributed by atoms with Crippen molar-refractivity contribution in [1.82, 2.24) is 4.90 Å². The number of amides is 1. The largest absolute Gasteiger partial charge is 0.369 e. The third-order valence-corrected chi connectivity index (χ3v) is 3.14. The fraction of sp³-hybridized carbons (Fsp3) is 0.385. The second-order valence-electron chi connectivity index (χ2n) is 4.61. The molecule has 0 radical (unpaired) electrons. The summed E-state index contributed by atoms with van der Waals surface area (Å²) in [6, 6.07) is 5.74. The Morgan fingerprint density at radius 2 is 2.35 bits per heavy atom. The number of nitrogens with two attached hydrogens (primary N) is 1. The molecule has 1 aromatic rings. The van der Waals surface area contributed by atoms with Crippen LogP contribution < -0.4 is 5.73 Å². The van der Waals surface area contributed by atoms with Crippen LogP contribution in [0.25, 0.3) is 0 Å². The molecule has 90 valence electrons. The van der Waals surface area contributed by atoms with Crippen LogP contribution in [-0.4, -0.2) is 30.2 Å². The van der Waals surface area contributed by atoms with Gasteiger partial charge in [0.1, 0.15) is 6.29 Å². The van der Waals surface area contributed by atoms with E-state index >= 15 is 0 Å². The summed E-state index contributed by atoms with van der Waals surface area (Å²) < 4.78 is 0. The Balaban J connectivity index is 2.26. The number of primary amides is 1. The lowest BCUT2D eigenvalue weighted by molar-refractivity contribution is -0.119. The van der Waals surface area contributed by atoms with E-state index in [4.69, 9.17) is 5.73 Å². The van der Waals surface area contributed by atoms with Gasteiger partial charge in [-0.25, -0.2) is 0 Å². The van der Waals surface area contributed by atoms with E-state index < -0.39 is 0 Å². The van der Waals surface area contributed by atoms with Crippen LogP contribution in [0.3, 0.4) is 0 Å². The molecule has 0 aromatic heterocycles. The number of nitrogens with zero attached hydrogens (tertiary/aromatic N) is 1. The first-order valence-electron chi connectivity index (χ1n) is 5.69. The number of hydrogen-bond acceptors (Lipinski definition) is 3. The molecule has 4 nitrogen and oxygen atoms in total. The van der Waals surface area contributed by atoms with Gasteiger partial charge in [0.05, 0.1) is 6.54 Å². The first-order chi connectivity index (χ1) is 8.10. The van der Waals surface area contributed by atoms with Crippen molar-refractivity contribution in [3.8, 4) is 0 Å². The molecule has 0 saturated heterocycles. The summed E-state index contributed by atoms with van der Waals surface area (Å²) in [6.45, 7) is 3.91. The number of rotatable bonds is 3. The van der Waals surface area contributed by atoms with Crippen molar-refractivity contribution in [2.75, 3.05) is 13.1 Å².